The summed E-state index contributed by atoms with van der Waals surface area (Å²) in [6.45, 7) is 6.07. The molecule has 0 radical (unpaired) electrons. The van der Waals surface area contributed by atoms with Crippen LogP contribution in [0.5, 0.6) is 11.5 Å². The van der Waals surface area contributed by atoms with Crippen LogP contribution in [0.1, 0.15) is 43.9 Å². The van der Waals surface area contributed by atoms with Crippen LogP contribution in [0.15, 0.2) is 48.5 Å². The maximum atomic E-state index is 12.7. The van der Waals surface area contributed by atoms with Crippen LogP contribution in [0, 0.1) is 6.92 Å². The van der Waals surface area contributed by atoms with Crippen LogP contribution in [-0.2, 0) is 4.79 Å². The molecular formula is C21H27NO3. The van der Waals surface area contributed by atoms with Gasteiger partial charge in [0.2, 0.25) is 0 Å². The van der Waals surface area contributed by atoms with Crippen molar-refractivity contribution < 1.29 is 14.3 Å². The van der Waals surface area contributed by atoms with Crippen LogP contribution in [0.25, 0.3) is 0 Å². The highest BCUT2D eigenvalue weighted by atomic mass is 16.5. The van der Waals surface area contributed by atoms with Crippen LogP contribution >= 0.6 is 0 Å². The first kappa shape index (κ1) is 18.8. The van der Waals surface area contributed by atoms with E-state index in [9.17, 15) is 4.79 Å². The van der Waals surface area contributed by atoms with Gasteiger partial charge in [0, 0.05) is 0 Å². The molecule has 1 N–H and O–H groups in total. The highest BCUT2D eigenvalue weighted by molar-refractivity contribution is 5.81. The van der Waals surface area contributed by atoms with Crippen molar-refractivity contribution in [3.05, 3.63) is 59.7 Å². The van der Waals surface area contributed by atoms with Crippen molar-refractivity contribution in [3.63, 3.8) is 0 Å². The summed E-state index contributed by atoms with van der Waals surface area (Å²) in [4.78, 5) is 12.7. The second kappa shape index (κ2) is 9.11. The molecule has 0 heterocycles. The Morgan fingerprint density at radius 3 is 2.08 bits per heavy atom. The quantitative estimate of drug-likeness (QED) is 0.773. The third-order valence-corrected chi connectivity index (χ3v) is 4.21. The maximum absolute atomic E-state index is 12.7. The van der Waals surface area contributed by atoms with Gasteiger partial charge in [0.05, 0.1) is 13.2 Å². The Morgan fingerprint density at radius 1 is 0.960 bits per heavy atom. The Morgan fingerprint density at radius 2 is 1.56 bits per heavy atom. The van der Waals surface area contributed by atoms with Crippen molar-refractivity contribution in [1.29, 1.82) is 0 Å². The predicted molar refractivity (Wildman–Crippen MR) is 100 cm³/mol. The van der Waals surface area contributed by atoms with Crippen molar-refractivity contribution in [1.82, 2.24) is 5.32 Å². The summed E-state index contributed by atoms with van der Waals surface area (Å²) in [5.41, 5.74) is 2.32. The number of rotatable bonds is 8. The zero-order valence-electron chi connectivity index (χ0n) is 15.4. The molecule has 0 aliphatic rings. The van der Waals surface area contributed by atoms with Crippen LogP contribution in [0.2, 0.25) is 0 Å². The number of amides is 1. The van der Waals surface area contributed by atoms with E-state index in [1.54, 1.807) is 7.11 Å². The SMILES string of the molecule is CC[C@@H](Oc1ccc(OC)cc1)C(=O)N[C@H](CC)c1ccc(C)cc1. The first-order chi connectivity index (χ1) is 12.1. The zero-order valence-corrected chi connectivity index (χ0v) is 15.4. The first-order valence-electron chi connectivity index (χ1n) is 8.75. The molecule has 134 valence electrons. The maximum Gasteiger partial charge on any atom is 0.261 e. The largest absolute Gasteiger partial charge is 0.497 e. The van der Waals surface area contributed by atoms with Crippen molar-refractivity contribution in [2.75, 3.05) is 7.11 Å². The fourth-order valence-corrected chi connectivity index (χ4v) is 2.63. The molecule has 0 aliphatic carbocycles. The van der Waals surface area contributed by atoms with Gasteiger partial charge in [-0.15, -0.1) is 0 Å². The van der Waals surface area contributed by atoms with Crippen molar-refractivity contribution >= 4 is 5.91 Å². The molecule has 25 heavy (non-hydrogen) atoms. The molecule has 2 aromatic rings. The number of nitrogens with one attached hydrogen (secondary N) is 1. The molecule has 0 aliphatic heterocycles. The van der Waals surface area contributed by atoms with Gasteiger partial charge in [-0.3, -0.25) is 4.79 Å². The molecule has 0 spiro atoms. The van der Waals surface area contributed by atoms with Gasteiger partial charge >= 0.3 is 0 Å². The van der Waals surface area contributed by atoms with Gasteiger partial charge in [0.1, 0.15) is 11.5 Å². The minimum absolute atomic E-state index is 0.0124. The van der Waals surface area contributed by atoms with E-state index in [0.717, 1.165) is 17.7 Å². The number of hydrogen-bond donors (Lipinski definition) is 1. The second-order valence-electron chi connectivity index (χ2n) is 6.07. The van der Waals surface area contributed by atoms with E-state index in [2.05, 4.69) is 43.4 Å². The Hall–Kier alpha value is -2.49. The number of methoxy groups -OCH3 is 1. The molecular weight excluding hydrogens is 314 g/mol. The highest BCUT2D eigenvalue weighted by Gasteiger charge is 2.22. The fraction of sp³-hybridized carbons (Fsp3) is 0.381. The van der Waals surface area contributed by atoms with E-state index < -0.39 is 6.10 Å². The molecule has 4 nitrogen and oxygen atoms in total. The van der Waals surface area contributed by atoms with Gasteiger partial charge in [-0.25, -0.2) is 0 Å². The third kappa shape index (κ3) is 5.24. The average Bonchev–Trinajstić information content (AvgIpc) is 2.65. The van der Waals surface area contributed by atoms with Gasteiger partial charge in [0.15, 0.2) is 6.10 Å². The van der Waals surface area contributed by atoms with E-state index in [1.807, 2.05) is 31.2 Å². The van der Waals surface area contributed by atoms with Crippen molar-refractivity contribution in [2.45, 2.75) is 45.8 Å². The van der Waals surface area contributed by atoms with Crippen molar-refractivity contribution in [3.8, 4) is 11.5 Å². The van der Waals surface area contributed by atoms with Crippen molar-refractivity contribution in [2.24, 2.45) is 0 Å². The van der Waals surface area contributed by atoms with Gasteiger partial charge in [0.25, 0.3) is 5.91 Å². The van der Waals surface area contributed by atoms with Crippen LogP contribution in [0.3, 0.4) is 0 Å². The average molecular weight is 341 g/mol. The smallest absolute Gasteiger partial charge is 0.261 e. The lowest BCUT2D eigenvalue weighted by Crippen LogP contribution is -2.39. The molecule has 4 heteroatoms. The molecule has 0 saturated carbocycles. The lowest BCUT2D eigenvalue weighted by atomic mass is 10.0. The summed E-state index contributed by atoms with van der Waals surface area (Å²) in [5, 5.41) is 3.11. The summed E-state index contributed by atoms with van der Waals surface area (Å²) >= 11 is 0. The number of aryl methyl sites for hydroxylation is 1. The molecule has 2 rings (SSSR count). The summed E-state index contributed by atoms with van der Waals surface area (Å²) in [5.74, 6) is 1.33. The van der Waals surface area contributed by atoms with E-state index in [1.165, 1.54) is 5.56 Å². The van der Waals surface area contributed by atoms with Gasteiger partial charge in [-0.05, 0) is 49.6 Å². The van der Waals surface area contributed by atoms with E-state index in [4.69, 9.17) is 9.47 Å². The highest BCUT2D eigenvalue weighted by Crippen LogP contribution is 2.21. The molecule has 2 atom stereocenters. The molecule has 0 bridgehead atoms. The number of carbonyl (C=O) groups excluding carboxylic acids is 1. The predicted octanol–water partition coefficient (Wildman–Crippen LogP) is 4.43. The Balaban J connectivity index is 2.03. The summed E-state index contributed by atoms with van der Waals surface area (Å²) in [7, 11) is 1.62. The fourth-order valence-electron chi connectivity index (χ4n) is 2.63. The number of ether oxygens (including phenoxy) is 2. The standard InChI is InChI=1S/C21H27NO3/c1-5-19(16-9-7-15(3)8-10-16)22-21(23)20(6-2)25-18-13-11-17(24-4)12-14-18/h7-14,19-20H,5-6H2,1-4H3,(H,22,23)/t19-,20-/m1/s1. The number of hydrogen-bond acceptors (Lipinski definition) is 3. The van der Waals surface area contributed by atoms with Crippen LogP contribution in [-0.4, -0.2) is 19.1 Å². The minimum atomic E-state index is -0.520. The molecule has 0 aromatic heterocycles. The second-order valence-corrected chi connectivity index (χ2v) is 6.07. The Bertz CT molecular complexity index is 665. The summed E-state index contributed by atoms with van der Waals surface area (Å²) in [6.07, 6.45) is 0.906. The lowest BCUT2D eigenvalue weighted by Gasteiger charge is -2.22. The number of carbonyl (C=O) groups is 1. The van der Waals surface area contributed by atoms with Gasteiger partial charge in [-0.1, -0.05) is 43.7 Å². The molecule has 0 fully saturated rings. The molecule has 0 saturated heterocycles. The Kier molecular flexibility index (Phi) is 6.87. The first-order valence-corrected chi connectivity index (χ1v) is 8.75. The normalized spacial score (nSPS) is 13.0. The zero-order chi connectivity index (χ0) is 18.2. The molecule has 0 unspecified atom stereocenters. The Labute approximate surface area is 150 Å². The summed E-state index contributed by atoms with van der Waals surface area (Å²) in [6, 6.07) is 15.5. The lowest BCUT2D eigenvalue weighted by molar-refractivity contribution is -0.128. The topological polar surface area (TPSA) is 47.6 Å². The van der Waals surface area contributed by atoms with Gasteiger partial charge in [-0.2, -0.15) is 0 Å². The number of benzene rings is 2. The van der Waals surface area contributed by atoms with E-state index >= 15 is 0 Å². The monoisotopic (exact) mass is 341 g/mol. The summed E-state index contributed by atoms with van der Waals surface area (Å²) < 4.78 is 11.0. The minimum Gasteiger partial charge on any atom is -0.497 e. The van der Waals surface area contributed by atoms with Crippen LogP contribution < -0.4 is 14.8 Å². The third-order valence-electron chi connectivity index (χ3n) is 4.21. The molecule has 1 amide bonds. The van der Waals surface area contributed by atoms with E-state index in [0.29, 0.717) is 12.2 Å². The van der Waals surface area contributed by atoms with Gasteiger partial charge < -0.3 is 14.8 Å². The van der Waals surface area contributed by atoms with E-state index in [-0.39, 0.29) is 11.9 Å². The molecule has 2 aromatic carbocycles. The van der Waals surface area contributed by atoms with Crippen LogP contribution in [0.4, 0.5) is 0 Å².